The summed E-state index contributed by atoms with van der Waals surface area (Å²) in [4.78, 5) is 10.6. The summed E-state index contributed by atoms with van der Waals surface area (Å²) in [5.74, 6) is -2.16. The Balaban J connectivity index is 3.20. The Morgan fingerprint density at radius 3 is 2.19 bits per heavy atom. The maximum atomic E-state index is 13.1. The highest BCUT2D eigenvalue weighted by molar-refractivity contribution is 7.89. The first-order valence-electron chi connectivity index (χ1n) is 5.94. The largest absolute Gasteiger partial charge is 0.480 e. The van der Waals surface area contributed by atoms with Gasteiger partial charge in [0.2, 0.25) is 10.0 Å². The highest BCUT2D eigenvalue weighted by atomic mass is 35.5. The molecular formula is C12H14Cl2FNO4S. The molecule has 1 aromatic carbocycles. The zero-order chi connectivity index (χ0) is 16.4. The van der Waals surface area contributed by atoms with Crippen molar-refractivity contribution in [2.75, 3.05) is 0 Å². The van der Waals surface area contributed by atoms with E-state index < -0.39 is 42.8 Å². The summed E-state index contributed by atoms with van der Waals surface area (Å²) in [5, 5.41) is 8.23. The summed E-state index contributed by atoms with van der Waals surface area (Å²) in [6, 6.07) is 0.257. The van der Waals surface area contributed by atoms with Crippen molar-refractivity contribution in [2.24, 2.45) is 5.92 Å². The van der Waals surface area contributed by atoms with Crippen LogP contribution in [0.5, 0.6) is 0 Å². The van der Waals surface area contributed by atoms with Crippen LogP contribution in [-0.4, -0.2) is 25.5 Å². The van der Waals surface area contributed by atoms with E-state index in [0.29, 0.717) is 0 Å². The summed E-state index contributed by atoms with van der Waals surface area (Å²) >= 11 is 11.4. The molecule has 0 aromatic heterocycles. The summed E-state index contributed by atoms with van der Waals surface area (Å²) in [6.07, 6.45) is 0.0883. The number of hydrogen-bond acceptors (Lipinski definition) is 3. The summed E-state index contributed by atoms with van der Waals surface area (Å²) in [6.45, 7) is 3.50. The van der Waals surface area contributed by atoms with E-state index in [0.717, 1.165) is 12.1 Å². The minimum atomic E-state index is -4.29. The topological polar surface area (TPSA) is 83.5 Å². The smallest absolute Gasteiger partial charge is 0.321 e. The van der Waals surface area contributed by atoms with Crippen LogP contribution in [0.3, 0.4) is 0 Å². The van der Waals surface area contributed by atoms with Crippen LogP contribution in [-0.2, 0) is 14.8 Å². The predicted octanol–water partition coefficient (Wildman–Crippen LogP) is 2.91. The van der Waals surface area contributed by atoms with Crippen molar-refractivity contribution in [3.63, 3.8) is 0 Å². The fourth-order valence-electron chi connectivity index (χ4n) is 1.70. The van der Waals surface area contributed by atoms with E-state index in [1.54, 1.807) is 13.8 Å². The Bertz CT molecular complexity index is 626. The van der Waals surface area contributed by atoms with Gasteiger partial charge in [-0.05, 0) is 24.5 Å². The Kier molecular flexibility index (Phi) is 5.98. The fraction of sp³-hybridized carbons (Fsp3) is 0.417. The van der Waals surface area contributed by atoms with Gasteiger partial charge in [-0.2, -0.15) is 4.72 Å². The average Bonchev–Trinajstić information content (AvgIpc) is 2.24. The number of halogens is 3. The second-order valence-electron chi connectivity index (χ2n) is 4.84. The molecule has 1 unspecified atom stereocenters. The summed E-state index contributed by atoms with van der Waals surface area (Å²) < 4.78 is 39.5. The molecule has 0 radical (unpaired) electrons. The van der Waals surface area contributed by atoms with E-state index in [1.807, 2.05) is 4.72 Å². The molecule has 2 N–H and O–H groups in total. The third kappa shape index (κ3) is 4.81. The molecule has 118 valence electrons. The van der Waals surface area contributed by atoms with Gasteiger partial charge in [0.25, 0.3) is 0 Å². The molecule has 1 aromatic rings. The van der Waals surface area contributed by atoms with Gasteiger partial charge in [-0.25, -0.2) is 12.8 Å². The van der Waals surface area contributed by atoms with Gasteiger partial charge in [0.15, 0.2) is 0 Å². The number of carboxylic acid groups (broad SMARTS) is 1. The predicted molar refractivity (Wildman–Crippen MR) is 77.6 cm³/mol. The van der Waals surface area contributed by atoms with E-state index in [1.165, 1.54) is 0 Å². The van der Waals surface area contributed by atoms with Gasteiger partial charge >= 0.3 is 5.97 Å². The van der Waals surface area contributed by atoms with Crippen molar-refractivity contribution in [3.05, 3.63) is 28.0 Å². The van der Waals surface area contributed by atoms with Crippen molar-refractivity contribution in [1.82, 2.24) is 4.72 Å². The van der Waals surface area contributed by atoms with Crippen molar-refractivity contribution in [2.45, 2.75) is 31.2 Å². The number of carboxylic acids is 1. The summed E-state index contributed by atoms with van der Waals surface area (Å²) in [7, 11) is -4.29. The monoisotopic (exact) mass is 357 g/mol. The number of benzene rings is 1. The van der Waals surface area contributed by atoms with Crippen LogP contribution < -0.4 is 4.72 Å². The molecule has 1 atom stereocenters. The minimum absolute atomic E-state index is 0.0482. The average molecular weight is 358 g/mol. The number of aliphatic carboxylic acids is 1. The highest BCUT2D eigenvalue weighted by Gasteiger charge is 2.29. The van der Waals surface area contributed by atoms with Gasteiger partial charge in [-0.1, -0.05) is 37.0 Å². The number of rotatable bonds is 6. The third-order valence-electron chi connectivity index (χ3n) is 2.53. The lowest BCUT2D eigenvalue weighted by atomic mass is 10.1. The molecule has 0 heterocycles. The molecule has 0 amide bonds. The van der Waals surface area contributed by atoms with Gasteiger partial charge < -0.3 is 5.11 Å². The number of carbonyl (C=O) groups is 1. The standard InChI is InChI=1S/C12H14Cl2FNO4S/c1-6(2)3-10(12(17)18)16-21(19,20)11-8(13)4-7(15)5-9(11)14/h4-6,10,16H,3H2,1-2H3,(H,17,18). The first kappa shape index (κ1) is 18.2. The molecule has 0 aliphatic rings. The molecule has 0 spiro atoms. The molecule has 0 aliphatic carbocycles. The molecule has 1 rings (SSSR count). The van der Waals surface area contributed by atoms with Crippen LogP contribution >= 0.6 is 23.2 Å². The van der Waals surface area contributed by atoms with E-state index in [9.17, 15) is 17.6 Å². The molecular weight excluding hydrogens is 344 g/mol. The van der Waals surface area contributed by atoms with Crippen LogP contribution in [0.15, 0.2) is 17.0 Å². The van der Waals surface area contributed by atoms with Gasteiger partial charge in [0.05, 0.1) is 10.0 Å². The van der Waals surface area contributed by atoms with Gasteiger partial charge in [0.1, 0.15) is 16.8 Å². The summed E-state index contributed by atoms with van der Waals surface area (Å²) in [5.41, 5.74) is 0. The Labute approximate surface area is 132 Å². The zero-order valence-corrected chi connectivity index (χ0v) is 13.6. The second-order valence-corrected chi connectivity index (χ2v) is 7.31. The normalized spacial score (nSPS) is 13.4. The maximum Gasteiger partial charge on any atom is 0.321 e. The molecule has 0 aliphatic heterocycles. The Morgan fingerprint density at radius 2 is 1.81 bits per heavy atom. The van der Waals surface area contributed by atoms with Crippen LogP contribution in [0.4, 0.5) is 4.39 Å². The number of nitrogens with one attached hydrogen (secondary N) is 1. The quantitative estimate of drug-likeness (QED) is 0.819. The van der Waals surface area contributed by atoms with Crippen LogP contribution in [0.1, 0.15) is 20.3 Å². The molecule has 0 fully saturated rings. The third-order valence-corrected chi connectivity index (χ3v) is 4.93. The first-order valence-corrected chi connectivity index (χ1v) is 8.18. The van der Waals surface area contributed by atoms with Crippen LogP contribution in [0.25, 0.3) is 0 Å². The molecule has 0 bridgehead atoms. The van der Waals surface area contributed by atoms with Gasteiger partial charge in [0, 0.05) is 0 Å². The fourth-order valence-corrected chi connectivity index (χ4v) is 4.09. The number of sulfonamides is 1. The van der Waals surface area contributed by atoms with Crippen molar-refractivity contribution < 1.29 is 22.7 Å². The SMILES string of the molecule is CC(C)CC(NS(=O)(=O)c1c(Cl)cc(F)cc1Cl)C(=O)O. The second kappa shape index (κ2) is 6.91. The zero-order valence-electron chi connectivity index (χ0n) is 11.2. The van der Waals surface area contributed by atoms with E-state index in [-0.39, 0.29) is 12.3 Å². The van der Waals surface area contributed by atoms with Gasteiger partial charge in [-0.3, -0.25) is 4.79 Å². The molecule has 0 saturated heterocycles. The van der Waals surface area contributed by atoms with Crippen molar-refractivity contribution >= 4 is 39.2 Å². The van der Waals surface area contributed by atoms with Crippen LogP contribution in [0.2, 0.25) is 10.0 Å². The van der Waals surface area contributed by atoms with Crippen LogP contribution in [0, 0.1) is 11.7 Å². The van der Waals surface area contributed by atoms with Crippen molar-refractivity contribution in [1.29, 1.82) is 0 Å². The Morgan fingerprint density at radius 1 is 1.33 bits per heavy atom. The first-order chi connectivity index (χ1) is 9.54. The van der Waals surface area contributed by atoms with E-state index in [4.69, 9.17) is 28.3 Å². The van der Waals surface area contributed by atoms with E-state index in [2.05, 4.69) is 0 Å². The number of hydrogen-bond donors (Lipinski definition) is 2. The molecule has 21 heavy (non-hydrogen) atoms. The lowest BCUT2D eigenvalue weighted by Gasteiger charge is -2.17. The van der Waals surface area contributed by atoms with Crippen molar-refractivity contribution in [3.8, 4) is 0 Å². The van der Waals surface area contributed by atoms with E-state index >= 15 is 0 Å². The minimum Gasteiger partial charge on any atom is -0.480 e. The molecule has 0 saturated carbocycles. The Hall–Kier alpha value is -0.890. The maximum absolute atomic E-state index is 13.1. The lowest BCUT2D eigenvalue weighted by Crippen LogP contribution is -2.41. The van der Waals surface area contributed by atoms with Gasteiger partial charge in [-0.15, -0.1) is 0 Å². The lowest BCUT2D eigenvalue weighted by molar-refractivity contribution is -0.139. The molecule has 5 nitrogen and oxygen atoms in total. The molecule has 9 heteroatoms. The highest BCUT2D eigenvalue weighted by Crippen LogP contribution is 2.30.